The summed E-state index contributed by atoms with van der Waals surface area (Å²) in [6, 6.07) is 19.6. The van der Waals surface area contributed by atoms with Gasteiger partial charge < -0.3 is 0 Å². The van der Waals surface area contributed by atoms with E-state index in [9.17, 15) is 0 Å². The average molecular weight is 313 g/mol. The topological polar surface area (TPSA) is 64.5 Å². The van der Waals surface area contributed by atoms with Gasteiger partial charge in [0, 0.05) is 36.5 Å². The van der Waals surface area contributed by atoms with Gasteiger partial charge in [-0.1, -0.05) is 36.4 Å². The van der Waals surface area contributed by atoms with Crippen LogP contribution in [0, 0.1) is 0 Å². The van der Waals surface area contributed by atoms with Crippen LogP contribution in [0.5, 0.6) is 0 Å². The van der Waals surface area contributed by atoms with Crippen molar-refractivity contribution in [3.05, 3.63) is 91.6 Å². The molecule has 1 aromatic carbocycles. The minimum atomic E-state index is 0.554. The van der Waals surface area contributed by atoms with E-state index in [2.05, 4.69) is 37.1 Å². The second-order valence-corrected chi connectivity index (χ2v) is 4.73. The Hall–Kier alpha value is -3.47. The Morgan fingerprint density at radius 2 is 0.917 bits per heavy atom. The van der Waals surface area contributed by atoms with E-state index in [1.807, 2.05) is 42.6 Å². The average Bonchev–Trinajstić information content (AvgIpc) is 2.71. The Morgan fingerprint density at radius 3 is 1.42 bits per heavy atom. The van der Waals surface area contributed by atoms with Gasteiger partial charge in [-0.05, 0) is 24.3 Å². The molecular weight excluding hydrogens is 298 g/mol. The molecule has 0 unspecified atom stereocenters. The van der Waals surface area contributed by atoms with Crippen LogP contribution >= 0.6 is 0 Å². The van der Waals surface area contributed by atoms with Crippen molar-refractivity contribution >= 4 is 0 Å². The van der Waals surface area contributed by atoms with Gasteiger partial charge in [0.15, 0.2) is 11.6 Å². The van der Waals surface area contributed by atoms with E-state index in [0.717, 1.165) is 11.3 Å². The summed E-state index contributed by atoms with van der Waals surface area (Å²) in [5.74, 6) is 1.11. The van der Waals surface area contributed by atoms with Gasteiger partial charge in [0.25, 0.3) is 0 Å². The maximum Gasteiger partial charge on any atom is 0.197 e. The first kappa shape index (κ1) is 15.4. The molecule has 3 aromatic heterocycles. The van der Waals surface area contributed by atoms with Crippen molar-refractivity contribution in [1.29, 1.82) is 0 Å². The first-order valence-electron chi connectivity index (χ1n) is 7.44. The molecule has 0 saturated carbocycles. The SMILES string of the molecule is c1ccc(-c2ccccn2)cc1.c1cnc(-c2ncccn2)nc1. The molecule has 0 fully saturated rings. The van der Waals surface area contributed by atoms with Gasteiger partial charge >= 0.3 is 0 Å². The van der Waals surface area contributed by atoms with E-state index >= 15 is 0 Å². The quantitative estimate of drug-likeness (QED) is 0.565. The van der Waals surface area contributed by atoms with Gasteiger partial charge in [0.1, 0.15) is 0 Å². The second-order valence-electron chi connectivity index (χ2n) is 4.73. The largest absolute Gasteiger partial charge is 0.256 e. The highest BCUT2D eigenvalue weighted by molar-refractivity contribution is 5.58. The third-order valence-corrected chi connectivity index (χ3v) is 3.07. The van der Waals surface area contributed by atoms with Gasteiger partial charge in [-0.2, -0.15) is 0 Å². The molecule has 0 radical (unpaired) electrons. The molecule has 3 heterocycles. The number of rotatable bonds is 2. The maximum atomic E-state index is 4.25. The Balaban J connectivity index is 0.000000141. The Morgan fingerprint density at radius 1 is 0.417 bits per heavy atom. The zero-order valence-electron chi connectivity index (χ0n) is 12.9. The van der Waals surface area contributed by atoms with Crippen LogP contribution in [0.1, 0.15) is 0 Å². The molecule has 24 heavy (non-hydrogen) atoms. The van der Waals surface area contributed by atoms with E-state index < -0.39 is 0 Å². The summed E-state index contributed by atoms with van der Waals surface area (Å²) < 4.78 is 0. The van der Waals surface area contributed by atoms with Crippen LogP contribution in [0.4, 0.5) is 0 Å². The Kier molecular flexibility index (Phi) is 5.30. The minimum absolute atomic E-state index is 0.554. The molecule has 0 saturated heterocycles. The lowest BCUT2D eigenvalue weighted by Gasteiger charge is -1.97. The molecule has 0 N–H and O–H groups in total. The number of aromatic nitrogens is 5. The summed E-state index contributed by atoms with van der Waals surface area (Å²) in [6.45, 7) is 0. The van der Waals surface area contributed by atoms with Crippen LogP contribution in [0.2, 0.25) is 0 Å². The Labute approximate surface area is 140 Å². The summed E-state index contributed by atoms with van der Waals surface area (Å²) in [5.41, 5.74) is 2.19. The minimum Gasteiger partial charge on any atom is -0.256 e. The van der Waals surface area contributed by atoms with Gasteiger partial charge in [-0.15, -0.1) is 0 Å². The fourth-order valence-corrected chi connectivity index (χ4v) is 1.97. The summed E-state index contributed by atoms with van der Waals surface area (Å²) in [6.07, 6.45) is 8.47. The molecule has 0 atom stereocenters. The van der Waals surface area contributed by atoms with E-state index in [1.54, 1.807) is 36.9 Å². The molecule has 5 nitrogen and oxygen atoms in total. The lowest BCUT2D eigenvalue weighted by Crippen LogP contribution is -1.91. The molecule has 0 aliphatic heterocycles. The molecule has 5 heteroatoms. The van der Waals surface area contributed by atoms with E-state index in [0.29, 0.717) is 11.6 Å². The van der Waals surface area contributed by atoms with Crippen LogP contribution in [0.3, 0.4) is 0 Å². The fraction of sp³-hybridized carbons (Fsp3) is 0. The molecule has 116 valence electrons. The molecule has 0 aliphatic carbocycles. The zero-order chi connectivity index (χ0) is 16.5. The molecule has 4 aromatic rings. The highest BCUT2D eigenvalue weighted by atomic mass is 15.0. The Bertz CT molecular complexity index is 688. The summed E-state index contributed by atoms with van der Waals surface area (Å²) in [7, 11) is 0. The fourth-order valence-electron chi connectivity index (χ4n) is 1.97. The van der Waals surface area contributed by atoms with Crippen LogP contribution in [-0.2, 0) is 0 Å². The van der Waals surface area contributed by atoms with Crippen LogP contribution in [0.25, 0.3) is 22.9 Å². The molecule has 0 aliphatic rings. The highest BCUT2D eigenvalue weighted by Crippen LogP contribution is 2.14. The first-order chi connectivity index (χ1) is 11.9. The number of pyridine rings is 1. The number of hydrogen-bond donors (Lipinski definition) is 0. The number of benzene rings is 1. The van der Waals surface area contributed by atoms with Crippen molar-refractivity contribution in [2.45, 2.75) is 0 Å². The van der Waals surface area contributed by atoms with Crippen LogP contribution in [-0.4, -0.2) is 24.9 Å². The predicted octanol–water partition coefficient (Wildman–Crippen LogP) is 3.68. The number of hydrogen-bond acceptors (Lipinski definition) is 5. The number of nitrogens with zero attached hydrogens (tertiary/aromatic N) is 5. The molecule has 0 bridgehead atoms. The molecule has 0 amide bonds. The highest BCUT2D eigenvalue weighted by Gasteiger charge is 1.99. The second kappa shape index (κ2) is 8.24. The summed E-state index contributed by atoms with van der Waals surface area (Å²) >= 11 is 0. The molecule has 0 spiro atoms. The first-order valence-corrected chi connectivity index (χ1v) is 7.44. The monoisotopic (exact) mass is 313 g/mol. The van der Waals surface area contributed by atoms with Crippen molar-refractivity contribution in [3.63, 3.8) is 0 Å². The van der Waals surface area contributed by atoms with Crippen LogP contribution < -0.4 is 0 Å². The smallest absolute Gasteiger partial charge is 0.197 e. The van der Waals surface area contributed by atoms with Crippen molar-refractivity contribution in [2.75, 3.05) is 0 Å². The third-order valence-electron chi connectivity index (χ3n) is 3.07. The van der Waals surface area contributed by atoms with Gasteiger partial charge in [-0.25, -0.2) is 19.9 Å². The lowest BCUT2D eigenvalue weighted by atomic mass is 10.1. The maximum absolute atomic E-state index is 4.25. The zero-order valence-corrected chi connectivity index (χ0v) is 12.9. The van der Waals surface area contributed by atoms with Crippen LogP contribution in [0.15, 0.2) is 91.6 Å². The predicted molar refractivity (Wildman–Crippen MR) is 92.7 cm³/mol. The van der Waals surface area contributed by atoms with Crippen molar-refractivity contribution in [3.8, 4) is 22.9 Å². The van der Waals surface area contributed by atoms with Gasteiger partial charge in [-0.3, -0.25) is 4.98 Å². The normalized spacial score (nSPS) is 9.67. The molecule has 4 rings (SSSR count). The standard InChI is InChI=1S/C11H9N.C8H6N4/c1-2-6-10(7-3-1)11-8-4-5-9-12-11;1-3-9-7(10-4-1)8-11-5-2-6-12-8/h1-9H;1-6H. The van der Waals surface area contributed by atoms with E-state index in [4.69, 9.17) is 0 Å². The summed E-state index contributed by atoms with van der Waals surface area (Å²) in [5, 5.41) is 0. The van der Waals surface area contributed by atoms with Crippen molar-refractivity contribution in [2.24, 2.45) is 0 Å². The van der Waals surface area contributed by atoms with E-state index in [-0.39, 0.29) is 0 Å². The molecular formula is C19H15N5. The van der Waals surface area contributed by atoms with Crippen molar-refractivity contribution < 1.29 is 0 Å². The lowest BCUT2D eigenvalue weighted by molar-refractivity contribution is 1.08. The van der Waals surface area contributed by atoms with Gasteiger partial charge in [0.05, 0.1) is 5.69 Å². The summed E-state index contributed by atoms with van der Waals surface area (Å²) in [4.78, 5) is 20.3. The van der Waals surface area contributed by atoms with Crippen molar-refractivity contribution in [1.82, 2.24) is 24.9 Å². The van der Waals surface area contributed by atoms with E-state index in [1.165, 1.54) is 0 Å². The third kappa shape index (κ3) is 4.27. The van der Waals surface area contributed by atoms with Gasteiger partial charge in [0.2, 0.25) is 0 Å².